The maximum absolute atomic E-state index is 6.39. The van der Waals surface area contributed by atoms with E-state index in [9.17, 15) is 0 Å². The number of halogens is 2. The first-order valence-corrected chi connectivity index (χ1v) is 8.53. The Morgan fingerprint density at radius 1 is 1.30 bits per heavy atom. The second kappa shape index (κ2) is 5.87. The molecule has 0 amide bonds. The average molecular weight is 312 g/mol. The van der Waals surface area contributed by atoms with Crippen molar-refractivity contribution in [2.45, 2.75) is 39.0 Å². The van der Waals surface area contributed by atoms with E-state index in [4.69, 9.17) is 23.2 Å². The van der Waals surface area contributed by atoms with Crippen molar-refractivity contribution in [1.29, 1.82) is 0 Å². The molecular weight excluding hydrogens is 289 g/mol. The zero-order chi connectivity index (χ0) is 14.2. The van der Waals surface area contributed by atoms with Gasteiger partial charge in [-0.05, 0) is 73.2 Å². The molecule has 0 aliphatic heterocycles. The second-order valence-electron chi connectivity index (χ2n) is 6.64. The molecule has 2 aliphatic carbocycles. The van der Waals surface area contributed by atoms with Crippen LogP contribution in [0.3, 0.4) is 0 Å². The smallest absolute Gasteiger partial charge is 0.0439 e. The van der Waals surface area contributed by atoms with E-state index in [1.807, 2.05) is 12.1 Å². The van der Waals surface area contributed by atoms with Crippen molar-refractivity contribution in [1.82, 2.24) is 5.32 Å². The molecule has 1 aromatic carbocycles. The van der Waals surface area contributed by atoms with Crippen molar-refractivity contribution >= 4 is 23.2 Å². The van der Waals surface area contributed by atoms with Gasteiger partial charge in [0.25, 0.3) is 0 Å². The summed E-state index contributed by atoms with van der Waals surface area (Å²) < 4.78 is 0. The Morgan fingerprint density at radius 3 is 2.80 bits per heavy atom. The van der Waals surface area contributed by atoms with Crippen LogP contribution in [0.1, 0.15) is 38.2 Å². The molecule has 20 heavy (non-hydrogen) atoms. The van der Waals surface area contributed by atoms with Crippen LogP contribution in [-0.2, 0) is 6.42 Å². The van der Waals surface area contributed by atoms with Gasteiger partial charge in [-0.2, -0.15) is 0 Å². The molecule has 0 saturated heterocycles. The van der Waals surface area contributed by atoms with Crippen molar-refractivity contribution in [3.05, 3.63) is 33.8 Å². The highest BCUT2D eigenvalue weighted by Crippen LogP contribution is 2.57. The lowest BCUT2D eigenvalue weighted by molar-refractivity contribution is 0.157. The molecule has 0 spiro atoms. The summed E-state index contributed by atoms with van der Waals surface area (Å²) in [6.45, 7) is 4.35. The zero-order valence-electron chi connectivity index (χ0n) is 12.1. The molecule has 1 aromatic rings. The fourth-order valence-corrected chi connectivity index (χ4v) is 4.86. The van der Waals surface area contributed by atoms with Gasteiger partial charge in [0.05, 0.1) is 0 Å². The van der Waals surface area contributed by atoms with Gasteiger partial charge in [-0.1, -0.05) is 36.5 Å². The number of hydrogen-bond donors (Lipinski definition) is 1. The van der Waals surface area contributed by atoms with Crippen molar-refractivity contribution in [3.8, 4) is 0 Å². The van der Waals surface area contributed by atoms with Crippen molar-refractivity contribution in [2.24, 2.45) is 17.3 Å². The van der Waals surface area contributed by atoms with E-state index < -0.39 is 0 Å². The van der Waals surface area contributed by atoms with Crippen molar-refractivity contribution in [3.63, 3.8) is 0 Å². The average Bonchev–Trinajstić information content (AvgIpc) is 3.02. The first-order valence-electron chi connectivity index (χ1n) is 7.77. The number of rotatable bonds is 5. The van der Waals surface area contributed by atoms with Crippen molar-refractivity contribution < 1.29 is 0 Å². The van der Waals surface area contributed by atoms with E-state index in [0.29, 0.717) is 5.41 Å². The van der Waals surface area contributed by atoms with Gasteiger partial charge in [0, 0.05) is 16.6 Å². The molecule has 2 fully saturated rings. The van der Waals surface area contributed by atoms with Crippen LogP contribution in [0, 0.1) is 17.3 Å². The van der Waals surface area contributed by atoms with Gasteiger partial charge in [0.15, 0.2) is 0 Å². The lowest BCUT2D eigenvalue weighted by Gasteiger charge is -2.38. The molecule has 0 heterocycles. The highest BCUT2D eigenvalue weighted by atomic mass is 35.5. The molecule has 2 bridgehead atoms. The molecule has 2 saturated carbocycles. The first-order chi connectivity index (χ1) is 9.63. The number of fused-ring (bicyclic) bond motifs is 2. The Kier molecular flexibility index (Phi) is 4.31. The topological polar surface area (TPSA) is 12.0 Å². The van der Waals surface area contributed by atoms with Crippen molar-refractivity contribution in [2.75, 3.05) is 13.1 Å². The minimum Gasteiger partial charge on any atom is -0.316 e. The molecule has 0 aromatic heterocycles. The van der Waals surface area contributed by atoms with Gasteiger partial charge in [-0.3, -0.25) is 0 Å². The molecule has 2 aliphatic rings. The maximum Gasteiger partial charge on any atom is 0.0439 e. The largest absolute Gasteiger partial charge is 0.316 e. The van der Waals surface area contributed by atoms with Gasteiger partial charge >= 0.3 is 0 Å². The summed E-state index contributed by atoms with van der Waals surface area (Å²) in [5, 5.41) is 5.26. The van der Waals surface area contributed by atoms with Crippen LogP contribution in [0.2, 0.25) is 10.0 Å². The Labute approximate surface area is 132 Å². The fourth-order valence-electron chi connectivity index (χ4n) is 4.49. The molecule has 1 N–H and O–H groups in total. The quantitative estimate of drug-likeness (QED) is 0.811. The van der Waals surface area contributed by atoms with Crippen LogP contribution in [-0.4, -0.2) is 13.1 Å². The predicted octanol–water partition coefficient (Wildman–Crippen LogP) is 4.95. The highest BCUT2D eigenvalue weighted by molar-refractivity contribution is 6.33. The van der Waals surface area contributed by atoms with E-state index in [2.05, 4.69) is 18.3 Å². The van der Waals surface area contributed by atoms with E-state index in [0.717, 1.165) is 41.4 Å². The summed E-state index contributed by atoms with van der Waals surface area (Å²) in [4.78, 5) is 0. The Morgan fingerprint density at radius 2 is 2.15 bits per heavy atom. The third-order valence-electron chi connectivity index (χ3n) is 5.38. The van der Waals surface area contributed by atoms with Gasteiger partial charge < -0.3 is 5.32 Å². The number of nitrogens with one attached hydrogen (secondary N) is 1. The molecule has 3 rings (SSSR count). The lowest BCUT2D eigenvalue weighted by atomic mass is 9.69. The Hall–Kier alpha value is -0.240. The number of benzene rings is 1. The van der Waals surface area contributed by atoms with Crippen LogP contribution >= 0.6 is 23.2 Å². The highest BCUT2D eigenvalue weighted by Gasteiger charge is 2.50. The molecule has 110 valence electrons. The van der Waals surface area contributed by atoms with E-state index in [1.165, 1.54) is 31.2 Å². The second-order valence-corrected chi connectivity index (χ2v) is 7.48. The van der Waals surface area contributed by atoms with E-state index in [-0.39, 0.29) is 0 Å². The summed E-state index contributed by atoms with van der Waals surface area (Å²) in [6.07, 6.45) is 6.67. The Balaban J connectivity index is 1.85. The molecule has 0 radical (unpaired) electrons. The fraction of sp³-hybridized carbons (Fsp3) is 0.647. The number of hydrogen-bond acceptors (Lipinski definition) is 1. The third-order valence-corrected chi connectivity index (χ3v) is 5.98. The zero-order valence-corrected chi connectivity index (χ0v) is 13.6. The monoisotopic (exact) mass is 311 g/mol. The van der Waals surface area contributed by atoms with Gasteiger partial charge in [-0.15, -0.1) is 0 Å². The molecule has 3 atom stereocenters. The normalized spacial score (nSPS) is 31.9. The molecule has 3 unspecified atom stereocenters. The van der Waals surface area contributed by atoms with Gasteiger partial charge in [-0.25, -0.2) is 0 Å². The van der Waals surface area contributed by atoms with Crippen LogP contribution in [0.4, 0.5) is 0 Å². The Bertz CT molecular complexity index is 488. The third kappa shape index (κ3) is 2.73. The van der Waals surface area contributed by atoms with E-state index in [1.54, 1.807) is 0 Å². The summed E-state index contributed by atoms with van der Waals surface area (Å²) in [5.74, 6) is 1.80. The van der Waals surface area contributed by atoms with E-state index >= 15 is 0 Å². The lowest BCUT2D eigenvalue weighted by Crippen LogP contribution is -2.40. The standard InChI is InChI=1S/C17H23Cl2N/c1-2-20-11-17(9-12-3-4-14(17)7-12)10-13-8-15(18)5-6-16(13)19/h5-6,8,12,14,20H,2-4,7,9-11H2,1H3. The van der Waals surface area contributed by atoms with Crippen LogP contribution in [0.5, 0.6) is 0 Å². The summed E-state index contributed by atoms with van der Waals surface area (Å²) in [5.41, 5.74) is 1.62. The van der Waals surface area contributed by atoms with Crippen LogP contribution in [0.15, 0.2) is 18.2 Å². The predicted molar refractivity (Wildman–Crippen MR) is 86.6 cm³/mol. The minimum atomic E-state index is 0.396. The summed E-state index contributed by atoms with van der Waals surface area (Å²) in [6, 6.07) is 5.88. The van der Waals surface area contributed by atoms with Crippen LogP contribution in [0.25, 0.3) is 0 Å². The first kappa shape index (κ1) is 14.7. The molecule has 3 heteroatoms. The molecular formula is C17H23Cl2N. The van der Waals surface area contributed by atoms with Gasteiger partial charge in [0.2, 0.25) is 0 Å². The van der Waals surface area contributed by atoms with Crippen LogP contribution < -0.4 is 5.32 Å². The SMILES string of the molecule is CCNCC1(Cc2cc(Cl)ccc2Cl)CC2CCC1C2. The summed E-state index contributed by atoms with van der Waals surface area (Å²) >= 11 is 12.6. The molecule has 1 nitrogen and oxygen atoms in total. The van der Waals surface area contributed by atoms with Gasteiger partial charge in [0.1, 0.15) is 0 Å². The maximum atomic E-state index is 6.39. The summed E-state index contributed by atoms with van der Waals surface area (Å²) in [7, 11) is 0. The minimum absolute atomic E-state index is 0.396.